The molecule has 0 radical (unpaired) electrons. The van der Waals surface area contributed by atoms with Crippen molar-refractivity contribution in [2.45, 2.75) is 30.4 Å². The van der Waals surface area contributed by atoms with Gasteiger partial charge in [-0.25, -0.2) is 0 Å². The molecule has 1 N–H and O–H groups in total. The standard InChI is InChI=1S/C14H18BrNO2S/c1-8-5-11(16-2)13-9(7-19-8)10(15)6-12-14(13)18-4-3-17-12/h6,8,11,16H,3-5,7H2,1-2H3. The lowest BCUT2D eigenvalue weighted by molar-refractivity contribution is 0.168. The van der Waals surface area contributed by atoms with E-state index in [9.17, 15) is 0 Å². The fourth-order valence-corrected chi connectivity index (χ4v) is 4.58. The van der Waals surface area contributed by atoms with Gasteiger partial charge >= 0.3 is 0 Å². The third-order valence-corrected chi connectivity index (χ3v) is 5.63. The van der Waals surface area contributed by atoms with Crippen molar-refractivity contribution in [1.29, 1.82) is 0 Å². The van der Waals surface area contributed by atoms with Crippen LogP contribution in [0.4, 0.5) is 0 Å². The molecule has 2 aliphatic rings. The van der Waals surface area contributed by atoms with Crippen LogP contribution in [-0.4, -0.2) is 25.5 Å². The highest BCUT2D eigenvalue weighted by molar-refractivity contribution is 9.10. The molecule has 104 valence electrons. The van der Waals surface area contributed by atoms with Gasteiger partial charge in [0.2, 0.25) is 0 Å². The number of thioether (sulfide) groups is 1. The van der Waals surface area contributed by atoms with E-state index in [0.29, 0.717) is 24.5 Å². The number of benzene rings is 1. The molecule has 0 saturated carbocycles. The molecule has 3 nitrogen and oxygen atoms in total. The number of nitrogens with one attached hydrogen (secondary N) is 1. The summed E-state index contributed by atoms with van der Waals surface area (Å²) in [7, 11) is 2.02. The highest BCUT2D eigenvalue weighted by atomic mass is 79.9. The molecular formula is C14H18BrNO2S. The van der Waals surface area contributed by atoms with E-state index in [1.807, 2.05) is 18.8 Å². The van der Waals surface area contributed by atoms with Crippen molar-refractivity contribution in [3.05, 3.63) is 21.7 Å². The van der Waals surface area contributed by atoms with Crippen molar-refractivity contribution in [3.8, 4) is 11.5 Å². The van der Waals surface area contributed by atoms with E-state index < -0.39 is 0 Å². The van der Waals surface area contributed by atoms with Crippen molar-refractivity contribution in [1.82, 2.24) is 5.32 Å². The molecule has 0 aromatic heterocycles. The van der Waals surface area contributed by atoms with Crippen molar-refractivity contribution in [2.75, 3.05) is 20.3 Å². The predicted octanol–water partition coefficient (Wildman–Crippen LogP) is 3.51. The Morgan fingerprint density at radius 3 is 2.95 bits per heavy atom. The first-order valence-electron chi connectivity index (χ1n) is 6.60. The largest absolute Gasteiger partial charge is 0.486 e. The zero-order valence-electron chi connectivity index (χ0n) is 11.2. The zero-order chi connectivity index (χ0) is 13.4. The van der Waals surface area contributed by atoms with Crippen LogP contribution in [0.5, 0.6) is 11.5 Å². The van der Waals surface area contributed by atoms with Crippen LogP contribution in [0, 0.1) is 0 Å². The number of rotatable bonds is 1. The minimum absolute atomic E-state index is 0.327. The number of fused-ring (bicyclic) bond motifs is 3. The quantitative estimate of drug-likeness (QED) is 0.845. The summed E-state index contributed by atoms with van der Waals surface area (Å²) in [5.41, 5.74) is 2.63. The molecule has 0 aliphatic carbocycles. The minimum Gasteiger partial charge on any atom is -0.486 e. The van der Waals surface area contributed by atoms with E-state index in [4.69, 9.17) is 9.47 Å². The Morgan fingerprint density at radius 2 is 2.16 bits per heavy atom. The van der Waals surface area contributed by atoms with E-state index in [1.165, 1.54) is 11.1 Å². The Bertz CT molecular complexity index is 495. The molecule has 19 heavy (non-hydrogen) atoms. The average molecular weight is 344 g/mol. The third-order valence-electron chi connectivity index (χ3n) is 3.70. The molecule has 0 amide bonds. The van der Waals surface area contributed by atoms with E-state index in [1.54, 1.807) is 0 Å². The topological polar surface area (TPSA) is 30.5 Å². The average Bonchev–Trinajstić information content (AvgIpc) is 2.59. The highest BCUT2D eigenvalue weighted by Gasteiger charge is 2.30. The number of ether oxygens (including phenoxy) is 2. The van der Waals surface area contributed by atoms with E-state index in [0.717, 1.165) is 28.1 Å². The maximum atomic E-state index is 5.90. The van der Waals surface area contributed by atoms with Gasteiger partial charge in [-0.1, -0.05) is 22.9 Å². The monoisotopic (exact) mass is 343 g/mol. The van der Waals surface area contributed by atoms with E-state index >= 15 is 0 Å². The van der Waals surface area contributed by atoms with Gasteiger partial charge < -0.3 is 14.8 Å². The molecule has 2 atom stereocenters. The predicted molar refractivity (Wildman–Crippen MR) is 82.3 cm³/mol. The van der Waals surface area contributed by atoms with Gasteiger partial charge in [0.05, 0.1) is 0 Å². The second kappa shape index (κ2) is 5.54. The van der Waals surface area contributed by atoms with Crippen molar-refractivity contribution in [2.24, 2.45) is 0 Å². The third kappa shape index (κ3) is 2.48. The molecule has 0 bridgehead atoms. The van der Waals surface area contributed by atoms with Gasteiger partial charge in [-0.15, -0.1) is 0 Å². The lowest BCUT2D eigenvalue weighted by Gasteiger charge is -2.27. The van der Waals surface area contributed by atoms with Gasteiger partial charge in [-0.05, 0) is 25.1 Å². The second-order valence-corrected chi connectivity index (χ2v) is 7.25. The Hall–Kier alpha value is -0.390. The van der Waals surface area contributed by atoms with Crippen LogP contribution >= 0.6 is 27.7 Å². The van der Waals surface area contributed by atoms with Gasteiger partial charge in [-0.2, -0.15) is 11.8 Å². The summed E-state index contributed by atoms with van der Waals surface area (Å²) in [4.78, 5) is 0. The summed E-state index contributed by atoms with van der Waals surface area (Å²) >= 11 is 5.69. The number of halogens is 1. The summed E-state index contributed by atoms with van der Waals surface area (Å²) in [5.74, 6) is 2.83. The summed E-state index contributed by atoms with van der Waals surface area (Å²) < 4.78 is 12.8. The normalized spacial score (nSPS) is 25.6. The molecule has 1 aromatic rings. The lowest BCUT2D eigenvalue weighted by Crippen LogP contribution is -2.23. The van der Waals surface area contributed by atoms with Crippen LogP contribution in [0.1, 0.15) is 30.5 Å². The van der Waals surface area contributed by atoms with Crippen molar-refractivity contribution < 1.29 is 9.47 Å². The molecule has 1 aromatic carbocycles. The van der Waals surface area contributed by atoms with Crippen molar-refractivity contribution >= 4 is 27.7 Å². The van der Waals surface area contributed by atoms with Gasteiger partial charge in [-0.3, -0.25) is 0 Å². The maximum Gasteiger partial charge on any atom is 0.166 e. The highest BCUT2D eigenvalue weighted by Crippen LogP contribution is 2.47. The summed E-state index contributed by atoms with van der Waals surface area (Å²) in [5, 5.41) is 4.07. The maximum absolute atomic E-state index is 5.90. The van der Waals surface area contributed by atoms with Crippen LogP contribution in [-0.2, 0) is 5.75 Å². The van der Waals surface area contributed by atoms with Crippen LogP contribution < -0.4 is 14.8 Å². The number of hydrogen-bond acceptors (Lipinski definition) is 4. The Kier molecular flexibility index (Phi) is 3.96. The molecular weight excluding hydrogens is 326 g/mol. The van der Waals surface area contributed by atoms with Gasteiger partial charge in [0, 0.05) is 27.1 Å². The Morgan fingerprint density at radius 1 is 1.37 bits per heavy atom. The van der Waals surface area contributed by atoms with Crippen molar-refractivity contribution in [3.63, 3.8) is 0 Å². The first-order valence-corrected chi connectivity index (χ1v) is 8.44. The Labute approximate surface area is 126 Å². The smallest absolute Gasteiger partial charge is 0.166 e. The van der Waals surface area contributed by atoms with Crippen LogP contribution in [0.15, 0.2) is 10.5 Å². The molecule has 0 fully saturated rings. The second-order valence-electron chi connectivity index (χ2n) is 4.97. The minimum atomic E-state index is 0.327. The molecule has 0 saturated heterocycles. The molecule has 2 heterocycles. The van der Waals surface area contributed by atoms with Crippen LogP contribution in [0.25, 0.3) is 0 Å². The zero-order valence-corrected chi connectivity index (χ0v) is 13.6. The van der Waals surface area contributed by atoms with Gasteiger partial charge in [0.1, 0.15) is 13.2 Å². The van der Waals surface area contributed by atoms with Crippen LogP contribution in [0.2, 0.25) is 0 Å². The van der Waals surface area contributed by atoms with Crippen LogP contribution in [0.3, 0.4) is 0 Å². The first kappa shape index (κ1) is 13.6. The van der Waals surface area contributed by atoms with E-state index in [-0.39, 0.29) is 0 Å². The summed E-state index contributed by atoms with van der Waals surface area (Å²) in [6.45, 7) is 3.56. The molecule has 2 aliphatic heterocycles. The number of hydrogen-bond donors (Lipinski definition) is 1. The molecule has 2 unspecified atom stereocenters. The van der Waals surface area contributed by atoms with Gasteiger partial charge in [0.15, 0.2) is 11.5 Å². The van der Waals surface area contributed by atoms with Gasteiger partial charge in [0.25, 0.3) is 0 Å². The summed E-state index contributed by atoms with van der Waals surface area (Å²) in [6.07, 6.45) is 1.11. The fraction of sp³-hybridized carbons (Fsp3) is 0.571. The SMILES string of the molecule is CNC1CC(C)SCc2c(Br)cc3c(c21)OCCO3. The molecule has 5 heteroatoms. The fourth-order valence-electron chi connectivity index (χ4n) is 2.74. The lowest BCUT2D eigenvalue weighted by atomic mass is 9.96. The Balaban J connectivity index is 2.16. The van der Waals surface area contributed by atoms with E-state index in [2.05, 4.69) is 34.2 Å². The molecule has 0 spiro atoms. The molecule has 3 rings (SSSR count). The summed E-state index contributed by atoms with van der Waals surface area (Å²) in [6, 6.07) is 2.38. The first-order chi connectivity index (χ1) is 9.20.